The van der Waals surface area contributed by atoms with Crippen LogP contribution in [0.3, 0.4) is 0 Å². The maximum atomic E-state index is 13.2. The van der Waals surface area contributed by atoms with E-state index in [1.165, 1.54) is 34.4 Å². The summed E-state index contributed by atoms with van der Waals surface area (Å²) in [7, 11) is 1.21. The first-order valence-electron chi connectivity index (χ1n) is 8.06. The first-order valence-corrected chi connectivity index (χ1v) is 12.6. The molecule has 0 aromatic heterocycles. The van der Waals surface area contributed by atoms with E-state index in [2.05, 4.69) is 4.33 Å². The summed E-state index contributed by atoms with van der Waals surface area (Å²) in [4.78, 5) is 25.4. The van der Waals surface area contributed by atoms with Gasteiger partial charge >= 0.3 is 164 Å². The summed E-state index contributed by atoms with van der Waals surface area (Å²) >= 11 is -2.05. The van der Waals surface area contributed by atoms with Crippen molar-refractivity contribution in [2.75, 3.05) is 6.61 Å². The SMILES string of the molecule is CCOC(=O)C1=C(C(=O)c2ccc(F)cc2)S[Se](C(=N)c2ccccc2)N1. The number of hydrogen-bond acceptors (Lipinski definition) is 6. The van der Waals surface area contributed by atoms with Gasteiger partial charge in [0.15, 0.2) is 0 Å². The number of nitrogens with one attached hydrogen (secondary N) is 2. The van der Waals surface area contributed by atoms with Gasteiger partial charge in [-0.15, -0.1) is 0 Å². The molecule has 0 saturated carbocycles. The fourth-order valence-corrected chi connectivity index (χ4v) is 8.64. The zero-order valence-electron chi connectivity index (χ0n) is 14.3. The molecule has 0 bridgehead atoms. The van der Waals surface area contributed by atoms with Gasteiger partial charge in [0, 0.05) is 0 Å². The first-order chi connectivity index (χ1) is 13.0. The molecule has 139 valence electrons. The molecule has 27 heavy (non-hydrogen) atoms. The van der Waals surface area contributed by atoms with E-state index in [0.29, 0.717) is 4.61 Å². The number of ether oxygens (including phenoxy) is 1. The van der Waals surface area contributed by atoms with Crippen LogP contribution in [0.2, 0.25) is 0 Å². The molecule has 2 aromatic rings. The van der Waals surface area contributed by atoms with Crippen LogP contribution in [0, 0.1) is 11.2 Å². The van der Waals surface area contributed by atoms with Crippen molar-refractivity contribution in [2.45, 2.75) is 6.92 Å². The molecule has 2 aromatic carbocycles. The van der Waals surface area contributed by atoms with Gasteiger partial charge in [-0.25, -0.2) is 0 Å². The van der Waals surface area contributed by atoms with Crippen molar-refractivity contribution in [3.05, 3.63) is 82.1 Å². The Morgan fingerprint density at radius 1 is 1.11 bits per heavy atom. The van der Waals surface area contributed by atoms with Crippen LogP contribution in [0.5, 0.6) is 0 Å². The molecule has 0 aliphatic carbocycles. The number of carbonyl (C=O) groups excluding carboxylic acids is 2. The van der Waals surface area contributed by atoms with E-state index in [1.54, 1.807) is 6.92 Å². The Balaban J connectivity index is 1.90. The van der Waals surface area contributed by atoms with Gasteiger partial charge in [-0.3, -0.25) is 0 Å². The van der Waals surface area contributed by atoms with Gasteiger partial charge < -0.3 is 0 Å². The molecule has 1 aliphatic rings. The van der Waals surface area contributed by atoms with Crippen molar-refractivity contribution in [3.8, 4) is 0 Å². The standard InChI is InChI=1S/C19H16FN2O3SSe/c1-2-25-19(24)15-17(16(23)12-8-10-14(20)11-9-12)26-27(22-15)18(21)13-6-4-3-5-7-13/h3-11,21-22H,2H2,1H3. The van der Waals surface area contributed by atoms with Crippen LogP contribution in [-0.2, 0) is 9.53 Å². The zero-order chi connectivity index (χ0) is 19.4. The third-order valence-electron chi connectivity index (χ3n) is 3.60. The minimum atomic E-state index is -2.05. The van der Waals surface area contributed by atoms with E-state index >= 15 is 0 Å². The van der Waals surface area contributed by atoms with Crippen molar-refractivity contribution in [1.82, 2.24) is 4.33 Å². The molecular formula is C19H16FN2O3SSe. The number of rotatable bonds is 6. The maximum absolute atomic E-state index is 13.2. The van der Waals surface area contributed by atoms with E-state index in [-0.39, 0.29) is 28.6 Å². The van der Waals surface area contributed by atoms with E-state index in [9.17, 15) is 14.0 Å². The zero-order valence-corrected chi connectivity index (χ0v) is 16.9. The molecule has 0 spiro atoms. The number of Topliss-reactive ketones (excluding diaryl/α,β-unsaturated/α-hetero) is 1. The second-order valence-electron chi connectivity index (χ2n) is 5.41. The molecule has 1 aliphatic heterocycles. The Labute approximate surface area is 163 Å². The summed E-state index contributed by atoms with van der Waals surface area (Å²) in [5.74, 6) is -1.45. The third-order valence-corrected chi connectivity index (χ3v) is 9.81. The number of benzene rings is 2. The van der Waals surface area contributed by atoms with E-state index in [0.717, 1.165) is 5.56 Å². The Morgan fingerprint density at radius 2 is 1.78 bits per heavy atom. The second-order valence-corrected chi connectivity index (χ2v) is 11.2. The number of allylic oxidation sites excluding steroid dienone is 1. The first kappa shape index (κ1) is 19.4. The van der Waals surface area contributed by atoms with Gasteiger partial charge in [-0.1, -0.05) is 0 Å². The van der Waals surface area contributed by atoms with Crippen LogP contribution in [0.15, 0.2) is 65.2 Å². The van der Waals surface area contributed by atoms with Crippen LogP contribution in [0.25, 0.3) is 0 Å². The molecule has 5 nitrogen and oxygen atoms in total. The summed E-state index contributed by atoms with van der Waals surface area (Å²) in [5, 5.41) is 8.46. The summed E-state index contributed by atoms with van der Waals surface area (Å²) in [6, 6.07) is 14.3. The summed E-state index contributed by atoms with van der Waals surface area (Å²) in [6.07, 6.45) is 0. The van der Waals surface area contributed by atoms with Gasteiger partial charge in [0.2, 0.25) is 0 Å². The Morgan fingerprint density at radius 3 is 2.41 bits per heavy atom. The van der Waals surface area contributed by atoms with Crippen molar-refractivity contribution >= 4 is 39.5 Å². The molecule has 0 atom stereocenters. The van der Waals surface area contributed by atoms with Gasteiger partial charge in [0.1, 0.15) is 0 Å². The van der Waals surface area contributed by atoms with Crippen LogP contribution < -0.4 is 4.33 Å². The normalized spacial score (nSPS) is 14.0. The number of hydrogen-bond donors (Lipinski definition) is 2. The molecule has 1 heterocycles. The average Bonchev–Trinajstić information content (AvgIpc) is 3.14. The third kappa shape index (κ3) is 4.30. The number of halogens is 1. The molecule has 8 heteroatoms. The number of esters is 1. The summed E-state index contributed by atoms with van der Waals surface area (Å²) in [5.41, 5.74) is 1.10. The molecule has 0 unspecified atom stereocenters. The van der Waals surface area contributed by atoms with Crippen LogP contribution >= 0.6 is 10.2 Å². The average molecular weight is 450 g/mol. The molecule has 1 radical (unpaired) electrons. The summed E-state index contributed by atoms with van der Waals surface area (Å²) in [6.45, 7) is 1.86. The molecule has 2 N–H and O–H groups in total. The van der Waals surface area contributed by atoms with Crippen LogP contribution in [0.4, 0.5) is 4.39 Å². The van der Waals surface area contributed by atoms with E-state index in [4.69, 9.17) is 10.1 Å². The van der Waals surface area contributed by atoms with Crippen molar-refractivity contribution < 1.29 is 18.7 Å². The van der Waals surface area contributed by atoms with Gasteiger partial charge in [-0.2, -0.15) is 0 Å². The molecule has 0 amide bonds. The van der Waals surface area contributed by atoms with Crippen molar-refractivity contribution in [2.24, 2.45) is 0 Å². The van der Waals surface area contributed by atoms with E-state index in [1.807, 2.05) is 30.3 Å². The molecule has 0 saturated heterocycles. The van der Waals surface area contributed by atoms with Gasteiger partial charge in [-0.05, 0) is 0 Å². The van der Waals surface area contributed by atoms with Gasteiger partial charge in [0.05, 0.1) is 0 Å². The van der Waals surface area contributed by atoms with Crippen LogP contribution in [0.1, 0.15) is 22.8 Å². The Hall–Kier alpha value is -2.41. The van der Waals surface area contributed by atoms with Gasteiger partial charge in [0.25, 0.3) is 0 Å². The Bertz CT molecular complexity index is 916. The topological polar surface area (TPSA) is 79.2 Å². The Kier molecular flexibility index (Phi) is 6.11. The monoisotopic (exact) mass is 451 g/mol. The number of ketones is 1. The fourth-order valence-electron chi connectivity index (χ4n) is 2.30. The molecule has 0 fully saturated rings. The van der Waals surface area contributed by atoms with Crippen LogP contribution in [-0.4, -0.2) is 36.0 Å². The number of carbonyl (C=O) groups is 2. The second kappa shape index (κ2) is 8.52. The quantitative estimate of drug-likeness (QED) is 0.306. The van der Waals surface area contributed by atoms with Crippen molar-refractivity contribution in [3.63, 3.8) is 0 Å². The van der Waals surface area contributed by atoms with Crippen molar-refractivity contribution in [1.29, 1.82) is 5.41 Å². The minimum absolute atomic E-state index is 0.0851. The molecular weight excluding hydrogens is 434 g/mol. The van der Waals surface area contributed by atoms with E-state index < -0.39 is 24.8 Å². The predicted molar refractivity (Wildman–Crippen MR) is 104 cm³/mol. The molecule has 3 rings (SSSR count). The predicted octanol–water partition coefficient (Wildman–Crippen LogP) is 3.21. The summed E-state index contributed by atoms with van der Waals surface area (Å²) < 4.78 is 21.6. The fraction of sp³-hybridized carbons (Fsp3) is 0.105.